The van der Waals surface area contributed by atoms with E-state index in [1.54, 1.807) is 17.4 Å². The predicted octanol–water partition coefficient (Wildman–Crippen LogP) is 8.90. The topological polar surface area (TPSA) is 0 Å². The molecule has 1 saturated carbocycles. The lowest BCUT2D eigenvalue weighted by atomic mass is 9.79. The zero-order valence-corrected chi connectivity index (χ0v) is 18.2. The average Bonchev–Trinajstić information content (AvgIpc) is 3.17. The van der Waals surface area contributed by atoms with Gasteiger partial charge in [0.1, 0.15) is 5.82 Å². The Balaban J connectivity index is 1.54. The summed E-state index contributed by atoms with van der Waals surface area (Å²) in [4.78, 5) is 1.03. The summed E-state index contributed by atoms with van der Waals surface area (Å²) in [7, 11) is 0. The van der Waals surface area contributed by atoms with Crippen LogP contribution >= 0.6 is 11.3 Å². The van der Waals surface area contributed by atoms with E-state index >= 15 is 0 Å². The number of benzene rings is 2. The molecule has 0 radical (unpaired) electrons. The molecule has 152 valence electrons. The zero-order chi connectivity index (χ0) is 20.2. The van der Waals surface area contributed by atoms with Gasteiger partial charge in [0, 0.05) is 15.1 Å². The first-order valence-electron chi connectivity index (χ1n) is 11.1. The molecule has 1 aliphatic carbocycles. The van der Waals surface area contributed by atoms with E-state index in [4.69, 9.17) is 0 Å². The number of fused-ring (bicyclic) bond motifs is 1. The van der Waals surface area contributed by atoms with E-state index in [9.17, 15) is 4.39 Å². The van der Waals surface area contributed by atoms with Crippen LogP contribution in [0.4, 0.5) is 4.39 Å². The van der Waals surface area contributed by atoms with Crippen LogP contribution in [0.1, 0.15) is 68.9 Å². The summed E-state index contributed by atoms with van der Waals surface area (Å²) in [6.45, 7) is 6.15. The normalized spacial score (nSPS) is 19.5. The van der Waals surface area contributed by atoms with E-state index in [0.717, 1.165) is 28.8 Å². The number of halogens is 1. The van der Waals surface area contributed by atoms with Crippen LogP contribution in [-0.4, -0.2) is 0 Å². The molecule has 0 unspecified atom stereocenters. The predicted molar refractivity (Wildman–Crippen MR) is 125 cm³/mol. The van der Waals surface area contributed by atoms with Crippen LogP contribution in [0, 0.1) is 11.7 Å². The van der Waals surface area contributed by atoms with E-state index < -0.39 is 0 Å². The third-order valence-electron chi connectivity index (χ3n) is 6.49. The van der Waals surface area contributed by atoms with Crippen LogP contribution in [0.5, 0.6) is 0 Å². The van der Waals surface area contributed by atoms with Crippen molar-refractivity contribution in [2.75, 3.05) is 0 Å². The molecule has 2 aromatic carbocycles. The van der Waals surface area contributed by atoms with Crippen molar-refractivity contribution in [2.24, 2.45) is 5.92 Å². The summed E-state index contributed by atoms with van der Waals surface area (Å²) in [5, 5.41) is 1.22. The van der Waals surface area contributed by atoms with E-state index in [0.29, 0.717) is 11.8 Å². The van der Waals surface area contributed by atoms with Gasteiger partial charge in [-0.2, -0.15) is 0 Å². The summed E-state index contributed by atoms with van der Waals surface area (Å²) < 4.78 is 16.1. The third-order valence-corrected chi connectivity index (χ3v) is 7.62. The Bertz CT molecular complexity index is 975. The molecule has 3 aromatic rings. The van der Waals surface area contributed by atoms with E-state index in [2.05, 4.69) is 49.9 Å². The number of hydrogen-bond acceptors (Lipinski definition) is 1. The fourth-order valence-electron chi connectivity index (χ4n) is 4.62. The highest BCUT2D eigenvalue weighted by atomic mass is 32.1. The SMILES string of the molecule is C=CC1CCC(c2ccc3cc(-c4ccc(CCCCC)cc4F)sc3c2)CC1. The number of allylic oxidation sites excluding steroid dienone is 1. The average molecular weight is 407 g/mol. The molecule has 1 aromatic heterocycles. The Hall–Kier alpha value is -1.93. The minimum Gasteiger partial charge on any atom is -0.206 e. The molecule has 0 saturated heterocycles. The molecule has 0 bridgehead atoms. The first-order chi connectivity index (χ1) is 14.2. The summed E-state index contributed by atoms with van der Waals surface area (Å²) in [5.41, 5.74) is 3.29. The molecule has 0 amide bonds. The van der Waals surface area contributed by atoms with Gasteiger partial charge in [0.25, 0.3) is 0 Å². The second kappa shape index (κ2) is 9.26. The highest BCUT2D eigenvalue weighted by Gasteiger charge is 2.21. The quantitative estimate of drug-likeness (QED) is 0.271. The number of aryl methyl sites for hydroxylation is 1. The van der Waals surface area contributed by atoms with Crippen molar-refractivity contribution in [3.8, 4) is 10.4 Å². The third kappa shape index (κ3) is 4.64. The monoisotopic (exact) mass is 406 g/mol. The summed E-state index contributed by atoms with van der Waals surface area (Å²) in [6, 6.07) is 14.8. The highest BCUT2D eigenvalue weighted by Crippen LogP contribution is 2.40. The van der Waals surface area contributed by atoms with Crippen LogP contribution in [0.25, 0.3) is 20.5 Å². The van der Waals surface area contributed by atoms with Crippen LogP contribution < -0.4 is 0 Å². The van der Waals surface area contributed by atoms with Crippen molar-refractivity contribution in [3.63, 3.8) is 0 Å². The standard InChI is InChI=1S/C27H31FS/c1-3-5-6-7-20-10-15-24(25(28)16-20)27-18-23-14-13-22(17-26(23)29-27)21-11-8-19(4-2)9-12-21/h4,10,13-19,21H,2-3,5-9,11-12H2,1H3. The Morgan fingerprint density at radius 3 is 2.59 bits per heavy atom. The van der Waals surface area contributed by atoms with Crippen molar-refractivity contribution in [1.82, 2.24) is 0 Å². The maximum absolute atomic E-state index is 14.8. The van der Waals surface area contributed by atoms with Crippen LogP contribution in [0.2, 0.25) is 0 Å². The second-order valence-corrected chi connectivity index (χ2v) is 9.61. The number of hydrogen-bond donors (Lipinski definition) is 0. The minimum atomic E-state index is -0.0893. The van der Waals surface area contributed by atoms with Gasteiger partial charge in [0.2, 0.25) is 0 Å². The van der Waals surface area contributed by atoms with Gasteiger partial charge in [-0.3, -0.25) is 0 Å². The van der Waals surface area contributed by atoms with Gasteiger partial charge in [-0.15, -0.1) is 17.9 Å². The van der Waals surface area contributed by atoms with Crippen LogP contribution in [0.3, 0.4) is 0 Å². The molecule has 0 spiro atoms. The molecule has 29 heavy (non-hydrogen) atoms. The fraction of sp³-hybridized carbons (Fsp3) is 0.407. The van der Waals surface area contributed by atoms with Crippen molar-refractivity contribution in [3.05, 3.63) is 72.1 Å². The lowest BCUT2D eigenvalue weighted by Crippen LogP contribution is -2.11. The largest absolute Gasteiger partial charge is 0.206 e. The molecule has 1 aliphatic rings. The zero-order valence-electron chi connectivity index (χ0n) is 17.4. The molecular formula is C27H31FS. The number of unbranched alkanes of at least 4 members (excludes halogenated alkanes) is 2. The molecule has 1 fully saturated rings. The molecule has 0 atom stereocenters. The van der Waals surface area contributed by atoms with E-state index in [1.807, 2.05) is 6.07 Å². The summed E-state index contributed by atoms with van der Waals surface area (Å²) in [6.07, 6.45) is 11.6. The van der Waals surface area contributed by atoms with Crippen molar-refractivity contribution >= 4 is 21.4 Å². The molecule has 0 aliphatic heterocycles. The van der Waals surface area contributed by atoms with Crippen LogP contribution in [-0.2, 0) is 6.42 Å². The van der Waals surface area contributed by atoms with Gasteiger partial charge in [-0.05, 0) is 85.1 Å². The molecule has 1 heterocycles. The smallest absolute Gasteiger partial charge is 0.132 e. The molecule has 4 rings (SSSR count). The first kappa shape index (κ1) is 20.3. The lowest BCUT2D eigenvalue weighted by molar-refractivity contribution is 0.376. The lowest BCUT2D eigenvalue weighted by Gasteiger charge is -2.26. The molecule has 0 nitrogen and oxygen atoms in total. The Kier molecular flexibility index (Phi) is 6.50. The molecule has 2 heteroatoms. The van der Waals surface area contributed by atoms with Gasteiger partial charge in [-0.25, -0.2) is 4.39 Å². The fourth-order valence-corrected chi connectivity index (χ4v) is 5.75. The van der Waals surface area contributed by atoms with Crippen molar-refractivity contribution < 1.29 is 4.39 Å². The van der Waals surface area contributed by atoms with Gasteiger partial charge >= 0.3 is 0 Å². The summed E-state index contributed by atoms with van der Waals surface area (Å²) >= 11 is 1.72. The summed E-state index contributed by atoms with van der Waals surface area (Å²) in [5.74, 6) is 1.25. The van der Waals surface area contributed by atoms with Crippen molar-refractivity contribution in [1.29, 1.82) is 0 Å². The van der Waals surface area contributed by atoms with Crippen LogP contribution in [0.15, 0.2) is 55.1 Å². The highest BCUT2D eigenvalue weighted by molar-refractivity contribution is 7.22. The second-order valence-electron chi connectivity index (χ2n) is 8.53. The van der Waals surface area contributed by atoms with Gasteiger partial charge in [0.15, 0.2) is 0 Å². The molecular weight excluding hydrogens is 375 g/mol. The Morgan fingerprint density at radius 1 is 1.03 bits per heavy atom. The Morgan fingerprint density at radius 2 is 1.86 bits per heavy atom. The van der Waals surface area contributed by atoms with E-state index in [-0.39, 0.29) is 5.82 Å². The molecule has 0 N–H and O–H groups in total. The first-order valence-corrected chi connectivity index (χ1v) is 11.9. The Labute approximate surface area is 178 Å². The van der Waals surface area contributed by atoms with E-state index in [1.165, 1.54) is 54.2 Å². The maximum Gasteiger partial charge on any atom is 0.132 e. The van der Waals surface area contributed by atoms with Gasteiger partial charge in [0.05, 0.1) is 0 Å². The maximum atomic E-state index is 14.8. The van der Waals surface area contributed by atoms with Gasteiger partial charge < -0.3 is 0 Å². The number of rotatable bonds is 7. The minimum absolute atomic E-state index is 0.0893. The van der Waals surface area contributed by atoms with Crippen molar-refractivity contribution in [2.45, 2.75) is 64.2 Å². The number of thiophene rings is 1. The van der Waals surface area contributed by atoms with Gasteiger partial charge in [-0.1, -0.05) is 50.1 Å².